The molecule has 0 bridgehead atoms. The molecule has 1 fully saturated rings. The fourth-order valence-electron chi connectivity index (χ4n) is 2.80. The molecule has 1 aromatic carbocycles. The van der Waals surface area contributed by atoms with Gasteiger partial charge in [-0.15, -0.1) is 37.2 Å². The lowest BCUT2D eigenvalue weighted by Crippen LogP contribution is -2.45. The summed E-state index contributed by atoms with van der Waals surface area (Å²) in [7, 11) is 0. The molecule has 0 amide bonds. The number of fused-ring (bicyclic) bond motifs is 1. The van der Waals surface area contributed by atoms with Crippen LogP contribution in [0.5, 0.6) is 0 Å². The molecule has 2 aromatic rings. The number of alkyl halides is 2. The predicted octanol–water partition coefficient (Wildman–Crippen LogP) is 3.66. The first-order valence-electron chi connectivity index (χ1n) is 6.88. The molecular weight excluding hydrogens is 369 g/mol. The van der Waals surface area contributed by atoms with Crippen molar-refractivity contribution in [2.75, 3.05) is 26.2 Å². The van der Waals surface area contributed by atoms with Crippen molar-refractivity contribution >= 4 is 48.3 Å². The van der Waals surface area contributed by atoms with Crippen LogP contribution >= 0.6 is 37.2 Å². The summed E-state index contributed by atoms with van der Waals surface area (Å²) in [5.41, 5.74) is 1.13. The second kappa shape index (κ2) is 9.59. The molecule has 1 aliphatic rings. The number of hydrogen-bond acceptors (Lipinski definition) is 3. The minimum absolute atomic E-state index is 0. The van der Waals surface area contributed by atoms with Crippen molar-refractivity contribution in [1.82, 2.24) is 19.8 Å². The smallest absolute Gasteiger partial charge is 0.314 e. The van der Waals surface area contributed by atoms with Crippen LogP contribution in [0.2, 0.25) is 0 Å². The maximum atomic E-state index is 13.4. The highest BCUT2D eigenvalue weighted by Crippen LogP contribution is 2.29. The van der Waals surface area contributed by atoms with E-state index >= 15 is 0 Å². The molecule has 1 N–H and O–H groups in total. The topological polar surface area (TPSA) is 33.1 Å². The largest absolute Gasteiger partial charge is 0.320 e. The number of hydrogen-bond donors (Lipinski definition) is 1. The molecule has 0 aliphatic carbocycles. The molecule has 1 aliphatic heterocycles. The lowest BCUT2D eigenvalue weighted by atomic mass is 10.2. The molecule has 1 saturated heterocycles. The lowest BCUT2D eigenvalue weighted by molar-refractivity contribution is 0.0636. The summed E-state index contributed by atoms with van der Waals surface area (Å²) >= 11 is 0. The molecule has 23 heavy (non-hydrogen) atoms. The van der Waals surface area contributed by atoms with Gasteiger partial charge in [-0.1, -0.05) is 12.1 Å². The SMILES string of the molecule is CC(c1nc2ccccc2n1C(F)F)N1CCNCC1.Cl.Cl.Cl. The Labute approximate surface area is 152 Å². The molecule has 2 heterocycles. The van der Waals surface area contributed by atoms with E-state index in [0.29, 0.717) is 16.9 Å². The van der Waals surface area contributed by atoms with Crippen molar-refractivity contribution in [2.24, 2.45) is 0 Å². The van der Waals surface area contributed by atoms with Crippen LogP contribution in [0.4, 0.5) is 8.78 Å². The zero-order valence-electron chi connectivity index (χ0n) is 12.6. The van der Waals surface area contributed by atoms with Crippen LogP contribution in [-0.4, -0.2) is 40.6 Å². The Bertz CT molecular complexity index is 603. The highest BCUT2D eigenvalue weighted by molar-refractivity contribution is 5.86. The lowest BCUT2D eigenvalue weighted by Gasteiger charge is -2.32. The van der Waals surface area contributed by atoms with Gasteiger partial charge in [0.05, 0.1) is 17.1 Å². The Balaban J connectivity index is 0.00000161. The van der Waals surface area contributed by atoms with Crippen molar-refractivity contribution in [2.45, 2.75) is 19.5 Å². The fourth-order valence-corrected chi connectivity index (χ4v) is 2.80. The average Bonchev–Trinajstić information content (AvgIpc) is 2.86. The third-order valence-electron chi connectivity index (χ3n) is 3.89. The Hall–Kier alpha value is -0.660. The standard InChI is InChI=1S/C14H18F2N4.3ClH/c1-10(19-8-6-17-7-9-19)13-18-11-4-2-3-5-12(11)20(13)14(15)16;;;/h2-5,10,14,17H,6-9H2,1H3;3*1H. The first kappa shape index (κ1) is 22.3. The quantitative estimate of drug-likeness (QED) is 0.869. The van der Waals surface area contributed by atoms with Gasteiger partial charge in [-0.05, 0) is 19.1 Å². The number of rotatable bonds is 3. The number of piperazine rings is 1. The molecule has 132 valence electrons. The summed E-state index contributed by atoms with van der Waals surface area (Å²) in [6.45, 7) is 2.87. The van der Waals surface area contributed by atoms with Crippen molar-refractivity contribution in [1.29, 1.82) is 0 Å². The Morgan fingerprint density at radius 1 is 1.09 bits per heavy atom. The number of halogens is 5. The third kappa shape index (κ3) is 4.45. The molecular formula is C14H21Cl3F2N4. The van der Waals surface area contributed by atoms with E-state index in [1.165, 1.54) is 0 Å². The van der Waals surface area contributed by atoms with Gasteiger partial charge in [0, 0.05) is 26.2 Å². The minimum Gasteiger partial charge on any atom is -0.314 e. The van der Waals surface area contributed by atoms with Gasteiger partial charge in [-0.3, -0.25) is 9.47 Å². The van der Waals surface area contributed by atoms with Crippen LogP contribution in [-0.2, 0) is 0 Å². The summed E-state index contributed by atoms with van der Waals surface area (Å²) in [6, 6.07) is 6.95. The van der Waals surface area contributed by atoms with E-state index < -0.39 is 6.55 Å². The van der Waals surface area contributed by atoms with Gasteiger partial charge in [0.15, 0.2) is 0 Å². The van der Waals surface area contributed by atoms with Crippen LogP contribution in [0.25, 0.3) is 11.0 Å². The van der Waals surface area contributed by atoms with Crippen LogP contribution in [0.15, 0.2) is 24.3 Å². The minimum atomic E-state index is -2.57. The van der Waals surface area contributed by atoms with E-state index in [-0.39, 0.29) is 43.3 Å². The van der Waals surface area contributed by atoms with E-state index in [1.54, 1.807) is 18.2 Å². The van der Waals surface area contributed by atoms with Crippen LogP contribution in [0, 0.1) is 0 Å². The van der Waals surface area contributed by atoms with E-state index in [1.807, 2.05) is 13.0 Å². The second-order valence-electron chi connectivity index (χ2n) is 5.07. The number of para-hydroxylation sites is 2. The maximum absolute atomic E-state index is 13.4. The van der Waals surface area contributed by atoms with E-state index in [4.69, 9.17) is 0 Å². The molecule has 4 nitrogen and oxygen atoms in total. The van der Waals surface area contributed by atoms with Crippen LogP contribution in [0.3, 0.4) is 0 Å². The molecule has 0 spiro atoms. The van der Waals surface area contributed by atoms with Gasteiger partial charge in [-0.25, -0.2) is 4.98 Å². The zero-order valence-corrected chi connectivity index (χ0v) is 15.1. The first-order valence-corrected chi connectivity index (χ1v) is 6.88. The van der Waals surface area contributed by atoms with Gasteiger partial charge >= 0.3 is 6.55 Å². The van der Waals surface area contributed by atoms with E-state index in [0.717, 1.165) is 30.7 Å². The second-order valence-corrected chi connectivity index (χ2v) is 5.07. The van der Waals surface area contributed by atoms with Crippen molar-refractivity contribution in [3.05, 3.63) is 30.1 Å². The molecule has 9 heteroatoms. The molecule has 1 atom stereocenters. The Morgan fingerprint density at radius 3 is 2.30 bits per heavy atom. The van der Waals surface area contributed by atoms with Crippen LogP contribution in [0.1, 0.15) is 25.3 Å². The number of benzene rings is 1. The van der Waals surface area contributed by atoms with Crippen molar-refractivity contribution in [3.8, 4) is 0 Å². The van der Waals surface area contributed by atoms with Crippen molar-refractivity contribution in [3.63, 3.8) is 0 Å². The van der Waals surface area contributed by atoms with E-state index in [9.17, 15) is 8.78 Å². The van der Waals surface area contributed by atoms with Gasteiger partial charge in [0.25, 0.3) is 0 Å². The summed E-state index contributed by atoms with van der Waals surface area (Å²) in [6.07, 6.45) is 0. The number of nitrogens with one attached hydrogen (secondary N) is 1. The summed E-state index contributed by atoms with van der Waals surface area (Å²) in [5.74, 6) is 0.447. The molecule has 3 rings (SSSR count). The number of imidazole rings is 1. The third-order valence-corrected chi connectivity index (χ3v) is 3.89. The summed E-state index contributed by atoms with van der Waals surface area (Å²) in [4.78, 5) is 6.62. The number of nitrogens with zero attached hydrogens (tertiary/aromatic N) is 3. The van der Waals surface area contributed by atoms with Gasteiger partial charge in [0.2, 0.25) is 0 Å². The molecule has 1 aromatic heterocycles. The monoisotopic (exact) mass is 388 g/mol. The maximum Gasteiger partial charge on any atom is 0.320 e. The highest BCUT2D eigenvalue weighted by Gasteiger charge is 2.26. The first-order chi connectivity index (χ1) is 9.68. The number of aromatic nitrogens is 2. The summed E-state index contributed by atoms with van der Waals surface area (Å²) < 4.78 is 27.9. The average molecular weight is 390 g/mol. The normalized spacial score (nSPS) is 16.3. The van der Waals surface area contributed by atoms with Gasteiger partial charge in [-0.2, -0.15) is 8.78 Å². The Kier molecular flexibility index (Phi) is 9.32. The van der Waals surface area contributed by atoms with E-state index in [2.05, 4.69) is 15.2 Å². The molecule has 0 radical (unpaired) electrons. The molecule has 1 unspecified atom stereocenters. The Morgan fingerprint density at radius 2 is 1.70 bits per heavy atom. The van der Waals surface area contributed by atoms with Crippen LogP contribution < -0.4 is 5.32 Å². The van der Waals surface area contributed by atoms with Gasteiger partial charge in [0.1, 0.15) is 5.82 Å². The predicted molar refractivity (Wildman–Crippen MR) is 95.6 cm³/mol. The van der Waals surface area contributed by atoms with Crippen molar-refractivity contribution < 1.29 is 8.78 Å². The highest BCUT2D eigenvalue weighted by atomic mass is 35.5. The zero-order chi connectivity index (χ0) is 14.1. The van der Waals surface area contributed by atoms with Gasteiger partial charge < -0.3 is 5.32 Å². The molecule has 0 saturated carbocycles. The summed E-state index contributed by atoms with van der Waals surface area (Å²) in [5, 5.41) is 3.27. The fraction of sp³-hybridized carbons (Fsp3) is 0.500.